The number of anilines is 1. The molecular formula is C16H14N2O. The molecule has 3 heteroatoms. The van der Waals surface area contributed by atoms with E-state index in [1.54, 1.807) is 6.20 Å². The number of hydrogen-bond acceptors (Lipinski definition) is 3. The number of benzene rings is 2. The van der Waals surface area contributed by atoms with Crippen LogP contribution >= 0.6 is 0 Å². The van der Waals surface area contributed by atoms with Gasteiger partial charge in [0.2, 0.25) is 5.88 Å². The van der Waals surface area contributed by atoms with E-state index in [0.29, 0.717) is 5.88 Å². The van der Waals surface area contributed by atoms with Gasteiger partial charge in [0.25, 0.3) is 0 Å². The highest BCUT2D eigenvalue weighted by molar-refractivity contribution is 5.86. The molecule has 3 nitrogen and oxygen atoms in total. The van der Waals surface area contributed by atoms with Gasteiger partial charge < -0.3 is 10.5 Å². The van der Waals surface area contributed by atoms with Crippen molar-refractivity contribution in [1.29, 1.82) is 0 Å². The normalized spacial score (nSPS) is 10.6. The molecule has 0 aliphatic heterocycles. The summed E-state index contributed by atoms with van der Waals surface area (Å²) in [5, 5.41) is 2.11. The van der Waals surface area contributed by atoms with Gasteiger partial charge in [-0.2, -0.15) is 0 Å². The molecule has 0 saturated carbocycles. The van der Waals surface area contributed by atoms with E-state index < -0.39 is 0 Å². The van der Waals surface area contributed by atoms with Crippen LogP contribution in [0, 0.1) is 6.92 Å². The van der Waals surface area contributed by atoms with Crippen molar-refractivity contribution in [2.75, 3.05) is 5.73 Å². The van der Waals surface area contributed by atoms with Crippen molar-refractivity contribution in [3.8, 4) is 11.6 Å². The summed E-state index contributed by atoms with van der Waals surface area (Å²) in [7, 11) is 0. The molecule has 0 bridgehead atoms. The summed E-state index contributed by atoms with van der Waals surface area (Å²) < 4.78 is 5.91. The van der Waals surface area contributed by atoms with E-state index in [2.05, 4.69) is 4.98 Å². The second kappa shape index (κ2) is 4.61. The van der Waals surface area contributed by atoms with Gasteiger partial charge in [-0.25, -0.2) is 4.98 Å². The first kappa shape index (κ1) is 11.5. The van der Waals surface area contributed by atoms with E-state index in [9.17, 15) is 0 Å². The van der Waals surface area contributed by atoms with Crippen LogP contribution in [-0.2, 0) is 0 Å². The van der Waals surface area contributed by atoms with E-state index >= 15 is 0 Å². The highest BCUT2D eigenvalue weighted by Crippen LogP contribution is 2.30. The summed E-state index contributed by atoms with van der Waals surface area (Å²) in [6.07, 6.45) is 1.75. The Morgan fingerprint density at radius 1 is 1.05 bits per heavy atom. The van der Waals surface area contributed by atoms with Gasteiger partial charge >= 0.3 is 0 Å². The van der Waals surface area contributed by atoms with Crippen LogP contribution in [0.25, 0.3) is 10.8 Å². The van der Waals surface area contributed by atoms with E-state index in [-0.39, 0.29) is 0 Å². The average Bonchev–Trinajstić information content (AvgIpc) is 2.42. The molecular weight excluding hydrogens is 236 g/mol. The highest BCUT2D eigenvalue weighted by Gasteiger charge is 2.06. The van der Waals surface area contributed by atoms with Gasteiger partial charge in [-0.05, 0) is 48.2 Å². The minimum absolute atomic E-state index is 0.617. The molecule has 0 amide bonds. The smallest absolute Gasteiger partial charge is 0.227 e. The maximum absolute atomic E-state index is 5.91. The molecule has 1 aromatic heterocycles. The second-order valence-corrected chi connectivity index (χ2v) is 4.46. The molecule has 0 saturated heterocycles. The number of fused-ring (bicyclic) bond motifs is 1. The van der Waals surface area contributed by atoms with Crippen LogP contribution in [-0.4, -0.2) is 4.98 Å². The number of aryl methyl sites for hydroxylation is 1. The summed E-state index contributed by atoms with van der Waals surface area (Å²) in [4.78, 5) is 4.31. The van der Waals surface area contributed by atoms with Gasteiger partial charge in [-0.15, -0.1) is 0 Å². The van der Waals surface area contributed by atoms with Crippen LogP contribution in [0.2, 0.25) is 0 Å². The second-order valence-electron chi connectivity index (χ2n) is 4.46. The number of ether oxygens (including phenoxy) is 1. The van der Waals surface area contributed by atoms with Crippen molar-refractivity contribution >= 4 is 16.5 Å². The average molecular weight is 250 g/mol. The van der Waals surface area contributed by atoms with Gasteiger partial charge in [0.05, 0.1) is 0 Å². The van der Waals surface area contributed by atoms with Crippen molar-refractivity contribution in [2.45, 2.75) is 6.92 Å². The Bertz CT molecular complexity index is 732. The first-order valence-electron chi connectivity index (χ1n) is 6.12. The van der Waals surface area contributed by atoms with Crippen molar-refractivity contribution in [2.24, 2.45) is 0 Å². The molecule has 2 N–H and O–H groups in total. The Kier molecular flexibility index (Phi) is 2.80. The van der Waals surface area contributed by atoms with E-state index in [1.165, 1.54) is 0 Å². The van der Waals surface area contributed by atoms with Crippen LogP contribution in [0.15, 0.2) is 54.7 Å². The predicted molar refractivity (Wildman–Crippen MR) is 77.4 cm³/mol. The quantitative estimate of drug-likeness (QED) is 0.701. The van der Waals surface area contributed by atoms with Crippen molar-refractivity contribution in [1.82, 2.24) is 4.98 Å². The summed E-state index contributed by atoms with van der Waals surface area (Å²) in [5.41, 5.74) is 7.47. The van der Waals surface area contributed by atoms with Crippen LogP contribution in [0.5, 0.6) is 11.6 Å². The van der Waals surface area contributed by atoms with Gasteiger partial charge in [-0.3, -0.25) is 0 Å². The number of nitrogen functional groups attached to an aromatic ring is 1. The van der Waals surface area contributed by atoms with Gasteiger partial charge in [0, 0.05) is 17.3 Å². The van der Waals surface area contributed by atoms with Crippen molar-refractivity contribution < 1.29 is 4.74 Å². The van der Waals surface area contributed by atoms with E-state index in [4.69, 9.17) is 10.5 Å². The molecule has 0 aliphatic rings. The maximum Gasteiger partial charge on any atom is 0.227 e. The third-order valence-electron chi connectivity index (χ3n) is 3.04. The maximum atomic E-state index is 5.91. The molecule has 0 radical (unpaired) electrons. The molecule has 3 aromatic rings. The summed E-state index contributed by atoms with van der Waals surface area (Å²) in [5.74, 6) is 1.39. The Labute approximate surface area is 111 Å². The van der Waals surface area contributed by atoms with Crippen molar-refractivity contribution in [3.63, 3.8) is 0 Å². The molecule has 0 spiro atoms. The predicted octanol–water partition coefficient (Wildman–Crippen LogP) is 3.92. The van der Waals surface area contributed by atoms with Crippen LogP contribution < -0.4 is 10.5 Å². The summed E-state index contributed by atoms with van der Waals surface area (Å²) >= 11 is 0. The molecule has 19 heavy (non-hydrogen) atoms. The van der Waals surface area contributed by atoms with E-state index in [1.807, 2.05) is 55.5 Å². The Morgan fingerprint density at radius 3 is 2.74 bits per heavy atom. The molecule has 0 atom stereocenters. The first-order valence-corrected chi connectivity index (χ1v) is 6.12. The van der Waals surface area contributed by atoms with Gasteiger partial charge in [0.15, 0.2) is 0 Å². The molecule has 94 valence electrons. The number of hydrogen-bond donors (Lipinski definition) is 1. The monoisotopic (exact) mass is 250 g/mol. The molecule has 3 rings (SSSR count). The largest absolute Gasteiger partial charge is 0.438 e. The minimum Gasteiger partial charge on any atom is -0.438 e. The SMILES string of the molecule is Cc1cc(N)ccc1Oc1nccc2ccccc12. The fourth-order valence-corrected chi connectivity index (χ4v) is 2.06. The number of pyridine rings is 1. The number of rotatable bonds is 2. The number of nitrogens with zero attached hydrogens (tertiary/aromatic N) is 1. The zero-order chi connectivity index (χ0) is 13.2. The van der Waals surface area contributed by atoms with Crippen LogP contribution in [0.3, 0.4) is 0 Å². The zero-order valence-corrected chi connectivity index (χ0v) is 10.6. The lowest BCUT2D eigenvalue weighted by Gasteiger charge is -2.10. The lowest BCUT2D eigenvalue weighted by Crippen LogP contribution is -1.93. The number of nitrogens with two attached hydrogens (primary N) is 1. The minimum atomic E-state index is 0.617. The third kappa shape index (κ3) is 2.22. The van der Waals surface area contributed by atoms with Gasteiger partial charge in [-0.1, -0.05) is 18.2 Å². The third-order valence-corrected chi connectivity index (χ3v) is 3.04. The molecule has 0 fully saturated rings. The van der Waals surface area contributed by atoms with Gasteiger partial charge in [0.1, 0.15) is 5.75 Å². The Morgan fingerprint density at radius 2 is 1.89 bits per heavy atom. The van der Waals surface area contributed by atoms with E-state index in [0.717, 1.165) is 27.8 Å². The molecule has 1 heterocycles. The molecule has 0 aliphatic carbocycles. The Balaban J connectivity index is 2.06. The topological polar surface area (TPSA) is 48.1 Å². The summed E-state index contributed by atoms with van der Waals surface area (Å²) in [6, 6.07) is 15.6. The molecule has 0 unspecified atom stereocenters. The standard InChI is InChI=1S/C16H14N2O/c1-11-10-13(17)6-7-15(11)19-16-14-5-3-2-4-12(14)8-9-18-16/h2-10H,17H2,1H3. The highest BCUT2D eigenvalue weighted by atomic mass is 16.5. The Hall–Kier alpha value is -2.55. The van der Waals surface area contributed by atoms with Crippen molar-refractivity contribution in [3.05, 3.63) is 60.3 Å². The van der Waals surface area contributed by atoms with Crippen LogP contribution in [0.1, 0.15) is 5.56 Å². The lowest BCUT2D eigenvalue weighted by molar-refractivity contribution is 0.466. The number of aromatic nitrogens is 1. The lowest BCUT2D eigenvalue weighted by atomic mass is 10.1. The fraction of sp³-hybridized carbons (Fsp3) is 0.0625. The zero-order valence-electron chi connectivity index (χ0n) is 10.6. The first-order chi connectivity index (χ1) is 9.24. The molecule has 2 aromatic carbocycles. The van der Waals surface area contributed by atoms with Crippen LogP contribution in [0.4, 0.5) is 5.69 Å². The fourth-order valence-electron chi connectivity index (χ4n) is 2.06. The summed E-state index contributed by atoms with van der Waals surface area (Å²) in [6.45, 7) is 1.97.